The summed E-state index contributed by atoms with van der Waals surface area (Å²) in [4.78, 5) is 38.4. The number of aromatic nitrogens is 7. The highest BCUT2D eigenvalue weighted by molar-refractivity contribution is 6.31. The van der Waals surface area contributed by atoms with E-state index in [1.165, 1.54) is 48.7 Å². The number of nitrogens with one attached hydrogen (secondary N) is 1. The molecule has 0 unspecified atom stereocenters. The van der Waals surface area contributed by atoms with Crippen LogP contribution in [0.25, 0.3) is 22.5 Å². The number of carbonyl (C=O) groups is 2. The number of hydrogen-bond donors (Lipinski definition) is 2. The normalized spacial score (nSPS) is 18.6. The first-order valence-corrected chi connectivity index (χ1v) is 12.5. The molecule has 204 valence electrons. The van der Waals surface area contributed by atoms with E-state index in [0.29, 0.717) is 46.9 Å². The molecule has 2 atom stereocenters. The molecule has 0 bridgehead atoms. The number of hydrogen-bond acceptors (Lipinski definition) is 7. The van der Waals surface area contributed by atoms with E-state index in [9.17, 15) is 14.7 Å². The first kappa shape index (κ1) is 25.6. The largest absolute Gasteiger partial charge is 0.465 e. The summed E-state index contributed by atoms with van der Waals surface area (Å²) in [5, 5.41) is 20.2. The molecule has 2 aliphatic rings. The second-order valence-corrected chi connectivity index (χ2v) is 9.80. The topological polar surface area (TPSA) is 146 Å². The van der Waals surface area contributed by atoms with Gasteiger partial charge in [0, 0.05) is 36.5 Å². The third-order valence-corrected chi connectivity index (χ3v) is 7.47. The van der Waals surface area contributed by atoms with Gasteiger partial charge >= 0.3 is 6.09 Å². The Balaban J connectivity index is 1.31. The van der Waals surface area contributed by atoms with Gasteiger partial charge in [-0.2, -0.15) is 4.68 Å². The van der Waals surface area contributed by atoms with Gasteiger partial charge in [0.2, 0.25) is 5.91 Å². The molecule has 1 fully saturated rings. The van der Waals surface area contributed by atoms with E-state index in [0.717, 1.165) is 0 Å². The summed E-state index contributed by atoms with van der Waals surface area (Å²) in [5.41, 5.74) is 1.39. The van der Waals surface area contributed by atoms with Crippen LogP contribution >= 0.6 is 11.6 Å². The fraction of sp³-hybridized carbons (Fsp3) is 0.240. The van der Waals surface area contributed by atoms with Crippen LogP contribution in [0.5, 0.6) is 0 Å². The molecule has 40 heavy (non-hydrogen) atoms. The Labute approximate surface area is 229 Å². The first-order chi connectivity index (χ1) is 19.2. The molecule has 0 radical (unpaired) electrons. The number of fused-ring (bicyclic) bond motifs is 1. The second kappa shape index (κ2) is 9.79. The fourth-order valence-corrected chi connectivity index (χ4v) is 5.47. The average molecular weight is 568 g/mol. The fourth-order valence-electron chi connectivity index (χ4n) is 5.31. The van der Waals surface area contributed by atoms with Crippen LogP contribution in [-0.4, -0.2) is 70.3 Å². The summed E-state index contributed by atoms with van der Waals surface area (Å²) in [6.45, 7) is 0. The number of halogens is 3. The predicted molar refractivity (Wildman–Crippen MR) is 138 cm³/mol. The van der Waals surface area contributed by atoms with E-state index in [1.807, 2.05) is 0 Å². The highest BCUT2D eigenvalue weighted by Gasteiger charge is 2.42. The lowest BCUT2D eigenvalue weighted by molar-refractivity contribution is -0.129. The zero-order valence-electron chi connectivity index (χ0n) is 20.8. The predicted octanol–water partition coefficient (Wildman–Crippen LogP) is 4.01. The second-order valence-electron chi connectivity index (χ2n) is 9.40. The molecule has 0 spiro atoms. The van der Waals surface area contributed by atoms with Crippen LogP contribution < -0.4 is 4.90 Å². The monoisotopic (exact) mass is 567 g/mol. The van der Waals surface area contributed by atoms with E-state index in [2.05, 4.69) is 30.5 Å². The van der Waals surface area contributed by atoms with E-state index >= 15 is 8.78 Å². The molecular weight excluding hydrogens is 548 g/mol. The molecule has 2 amide bonds. The van der Waals surface area contributed by atoms with Crippen LogP contribution in [-0.2, 0) is 4.79 Å². The molecular formula is C25H20ClF2N9O3. The number of carbonyl (C=O) groups excluding carboxylic acids is 1. The summed E-state index contributed by atoms with van der Waals surface area (Å²) in [5.74, 6) is -1.71. The Kier molecular flexibility index (Phi) is 6.25. The molecule has 12 nitrogen and oxygen atoms in total. The molecule has 2 N–H and O–H groups in total. The zero-order valence-corrected chi connectivity index (χ0v) is 21.5. The van der Waals surface area contributed by atoms with E-state index in [4.69, 9.17) is 11.6 Å². The van der Waals surface area contributed by atoms with Crippen molar-refractivity contribution in [3.63, 3.8) is 0 Å². The number of pyridine rings is 1. The van der Waals surface area contributed by atoms with Crippen molar-refractivity contribution in [1.82, 2.24) is 40.1 Å². The molecule has 2 aliphatic heterocycles. The van der Waals surface area contributed by atoms with Crippen molar-refractivity contribution in [3.05, 3.63) is 71.0 Å². The van der Waals surface area contributed by atoms with Crippen molar-refractivity contribution < 1.29 is 23.5 Å². The Morgan fingerprint density at radius 3 is 2.77 bits per heavy atom. The van der Waals surface area contributed by atoms with Crippen molar-refractivity contribution in [1.29, 1.82) is 0 Å². The van der Waals surface area contributed by atoms with Crippen LogP contribution in [0.1, 0.15) is 36.7 Å². The number of H-pyrrole nitrogens is 1. The van der Waals surface area contributed by atoms with Crippen LogP contribution in [0.4, 0.5) is 19.4 Å². The summed E-state index contributed by atoms with van der Waals surface area (Å²) in [7, 11) is 1.19. The Morgan fingerprint density at radius 2 is 2.02 bits per heavy atom. The molecule has 5 heterocycles. The summed E-state index contributed by atoms with van der Waals surface area (Å²) in [6.07, 6.45) is 5.67. The maximum absolute atomic E-state index is 15.3. The Hall–Kier alpha value is -4.72. The first-order valence-electron chi connectivity index (χ1n) is 12.2. The van der Waals surface area contributed by atoms with Crippen molar-refractivity contribution in [2.45, 2.75) is 31.3 Å². The highest BCUT2D eigenvalue weighted by atomic mass is 35.5. The minimum atomic E-state index is -1.36. The third-order valence-electron chi connectivity index (χ3n) is 7.18. The van der Waals surface area contributed by atoms with Crippen molar-refractivity contribution >= 4 is 35.0 Å². The number of carboxylic acid groups (broad SMARTS) is 1. The van der Waals surface area contributed by atoms with Gasteiger partial charge in [-0.25, -0.2) is 23.5 Å². The SMILES string of the molecule is CN(C(=O)O)c1nccc(-c2cnc([C@@H]3CC[C@@H]4CC(c5c(-n6cnnn6)ccc(Cl)c5F)=CC(=O)N43)[nH]2)c1F. The Morgan fingerprint density at radius 1 is 1.20 bits per heavy atom. The average Bonchev–Trinajstić information content (AvgIpc) is 3.71. The molecule has 15 heteroatoms. The van der Waals surface area contributed by atoms with Crippen LogP contribution in [0.15, 0.2) is 43.0 Å². The molecule has 0 aliphatic carbocycles. The number of tetrazole rings is 1. The van der Waals surface area contributed by atoms with Crippen LogP contribution in [0.3, 0.4) is 0 Å². The molecule has 1 saturated heterocycles. The summed E-state index contributed by atoms with van der Waals surface area (Å²) < 4.78 is 31.8. The quantitative estimate of drug-likeness (QED) is 0.368. The molecule has 1 aromatic carbocycles. The third kappa shape index (κ3) is 4.16. The lowest BCUT2D eigenvalue weighted by Crippen LogP contribution is -2.39. The standard InChI is InChI=1S/C25H20ClF2N9O3/c1-35(25(39)40)24-21(27)14(6-7-29-24)16-10-30-23(32-16)18-4-2-13-8-12(9-19(38)37(13)18)20-17(36-11-31-33-34-36)5-3-15(26)22(20)28/h3,5-7,9-11,13,18H,2,4,8H2,1H3,(H,30,32)(H,39,40)/t13-,18+/m1/s1. The van der Waals surface area contributed by atoms with Gasteiger partial charge < -0.3 is 15.0 Å². The van der Waals surface area contributed by atoms with E-state index < -0.39 is 23.8 Å². The van der Waals surface area contributed by atoms with Gasteiger partial charge in [-0.3, -0.25) is 9.69 Å². The smallest absolute Gasteiger partial charge is 0.412 e. The molecule has 4 aromatic rings. The van der Waals surface area contributed by atoms with Crippen LogP contribution in [0, 0.1) is 11.6 Å². The minimum absolute atomic E-state index is 0.0870. The number of imidazole rings is 1. The van der Waals surface area contributed by atoms with Gasteiger partial charge in [-0.05, 0) is 53.5 Å². The van der Waals surface area contributed by atoms with Gasteiger partial charge in [0.05, 0.1) is 28.6 Å². The number of amides is 2. The maximum atomic E-state index is 15.3. The Bertz CT molecular complexity index is 1670. The van der Waals surface area contributed by atoms with Gasteiger partial charge in [-0.15, -0.1) is 5.10 Å². The van der Waals surface area contributed by atoms with Crippen molar-refractivity contribution in [2.75, 3.05) is 11.9 Å². The maximum Gasteiger partial charge on any atom is 0.412 e. The van der Waals surface area contributed by atoms with E-state index in [1.54, 1.807) is 11.0 Å². The van der Waals surface area contributed by atoms with Gasteiger partial charge in [-0.1, -0.05) is 11.6 Å². The lowest BCUT2D eigenvalue weighted by Gasteiger charge is -2.33. The van der Waals surface area contributed by atoms with Gasteiger partial charge in [0.1, 0.15) is 12.2 Å². The molecule has 0 saturated carbocycles. The van der Waals surface area contributed by atoms with Crippen molar-refractivity contribution in [3.8, 4) is 16.9 Å². The number of nitrogens with zero attached hydrogens (tertiary/aromatic N) is 8. The zero-order chi connectivity index (χ0) is 28.1. The summed E-state index contributed by atoms with van der Waals surface area (Å²) >= 11 is 6.09. The number of rotatable bonds is 5. The lowest BCUT2D eigenvalue weighted by atomic mass is 9.92. The number of benzene rings is 1. The van der Waals surface area contributed by atoms with E-state index in [-0.39, 0.29) is 33.9 Å². The van der Waals surface area contributed by atoms with Gasteiger partial charge in [0.25, 0.3) is 0 Å². The van der Waals surface area contributed by atoms with Crippen LogP contribution in [0.2, 0.25) is 5.02 Å². The summed E-state index contributed by atoms with van der Waals surface area (Å²) in [6, 6.07) is 3.75. The molecule has 3 aromatic heterocycles. The number of aromatic amines is 1. The molecule has 6 rings (SSSR count). The van der Waals surface area contributed by atoms with Crippen molar-refractivity contribution in [2.24, 2.45) is 0 Å². The number of anilines is 1. The highest BCUT2D eigenvalue weighted by Crippen LogP contribution is 2.44. The minimum Gasteiger partial charge on any atom is -0.465 e. The van der Waals surface area contributed by atoms with Gasteiger partial charge in [0.15, 0.2) is 17.5 Å².